The van der Waals surface area contributed by atoms with Crippen LogP contribution in [-0.2, 0) is 19.6 Å². The van der Waals surface area contributed by atoms with E-state index in [0.29, 0.717) is 22.5 Å². The van der Waals surface area contributed by atoms with Gasteiger partial charge in [-0.15, -0.1) is 0 Å². The molecule has 166 valence electrons. The maximum absolute atomic E-state index is 13.5. The standard InChI is InChI=1S/C20H23FN4O5S/c1-12(2)17-15(10-11-16(26)22-20(27)30-4)18(13-6-8-14(21)9-7-13)24-19(23-17)25(3)31(5,28)29/h6-12H,1-5H3,(H,22,26,27). The van der Waals surface area contributed by atoms with Gasteiger partial charge in [0.15, 0.2) is 0 Å². The Kier molecular flexibility index (Phi) is 7.45. The molecule has 1 aromatic carbocycles. The van der Waals surface area contributed by atoms with E-state index in [1.165, 1.54) is 37.4 Å². The van der Waals surface area contributed by atoms with Gasteiger partial charge in [0.25, 0.3) is 5.91 Å². The number of imide groups is 1. The van der Waals surface area contributed by atoms with Crippen LogP contribution in [0, 0.1) is 5.82 Å². The Labute approximate surface area is 180 Å². The molecule has 0 fully saturated rings. The van der Waals surface area contributed by atoms with E-state index in [1.807, 2.05) is 19.2 Å². The molecule has 0 aliphatic heterocycles. The third-order valence-corrected chi connectivity index (χ3v) is 5.38. The van der Waals surface area contributed by atoms with Crippen LogP contribution in [0.1, 0.15) is 31.0 Å². The summed E-state index contributed by atoms with van der Waals surface area (Å²) >= 11 is 0. The first-order valence-electron chi connectivity index (χ1n) is 9.12. The van der Waals surface area contributed by atoms with E-state index in [-0.39, 0.29) is 11.9 Å². The number of aromatic nitrogens is 2. The quantitative estimate of drug-likeness (QED) is 0.672. The average Bonchev–Trinajstić information content (AvgIpc) is 2.70. The number of methoxy groups -OCH3 is 1. The molecule has 0 unspecified atom stereocenters. The molecule has 2 aromatic rings. The fourth-order valence-corrected chi connectivity index (χ4v) is 2.93. The normalized spacial score (nSPS) is 11.6. The van der Waals surface area contributed by atoms with Crippen molar-refractivity contribution in [1.29, 1.82) is 0 Å². The van der Waals surface area contributed by atoms with E-state index in [2.05, 4.69) is 14.7 Å². The summed E-state index contributed by atoms with van der Waals surface area (Å²) in [5.74, 6) is -1.44. The number of halogens is 1. The zero-order valence-corrected chi connectivity index (χ0v) is 18.5. The fourth-order valence-electron chi connectivity index (χ4n) is 2.55. The number of ether oxygens (including phenoxy) is 1. The van der Waals surface area contributed by atoms with E-state index in [9.17, 15) is 22.4 Å². The van der Waals surface area contributed by atoms with Crippen LogP contribution in [0.15, 0.2) is 30.3 Å². The number of hydrogen-bond donors (Lipinski definition) is 1. The van der Waals surface area contributed by atoms with Crippen LogP contribution in [0.2, 0.25) is 0 Å². The molecular formula is C20H23FN4O5S. The largest absolute Gasteiger partial charge is 0.453 e. The number of rotatable bonds is 6. The van der Waals surface area contributed by atoms with Gasteiger partial charge in [-0.05, 0) is 36.3 Å². The van der Waals surface area contributed by atoms with Gasteiger partial charge in [0.05, 0.1) is 24.8 Å². The Morgan fingerprint density at radius 2 is 1.81 bits per heavy atom. The van der Waals surface area contributed by atoms with Gasteiger partial charge in [0.1, 0.15) is 5.82 Å². The molecule has 9 nitrogen and oxygen atoms in total. The second kappa shape index (κ2) is 9.65. The van der Waals surface area contributed by atoms with Crippen molar-refractivity contribution in [2.45, 2.75) is 19.8 Å². The molecule has 0 aliphatic carbocycles. The van der Waals surface area contributed by atoms with Gasteiger partial charge in [-0.3, -0.25) is 10.1 Å². The molecule has 0 atom stereocenters. The second-order valence-electron chi connectivity index (χ2n) is 6.88. The zero-order chi connectivity index (χ0) is 23.3. The van der Waals surface area contributed by atoms with Crippen LogP contribution in [0.3, 0.4) is 0 Å². The van der Waals surface area contributed by atoms with Gasteiger partial charge in [-0.25, -0.2) is 31.9 Å². The van der Waals surface area contributed by atoms with Crippen molar-refractivity contribution < 1.29 is 27.1 Å². The lowest BCUT2D eigenvalue weighted by molar-refractivity contribution is -0.115. The fraction of sp³-hybridized carbons (Fsp3) is 0.300. The number of nitrogens with one attached hydrogen (secondary N) is 1. The summed E-state index contributed by atoms with van der Waals surface area (Å²) in [5, 5.41) is 2.00. The van der Waals surface area contributed by atoms with E-state index in [4.69, 9.17) is 0 Å². The van der Waals surface area contributed by atoms with Crippen LogP contribution >= 0.6 is 0 Å². The molecule has 0 aliphatic rings. The van der Waals surface area contributed by atoms with Crippen molar-refractivity contribution >= 4 is 34.0 Å². The Balaban J connectivity index is 2.72. The number of benzene rings is 1. The van der Waals surface area contributed by atoms with E-state index < -0.39 is 27.8 Å². The molecule has 0 bridgehead atoms. The van der Waals surface area contributed by atoms with Crippen molar-refractivity contribution in [3.63, 3.8) is 0 Å². The number of alkyl carbamates (subject to hydrolysis) is 1. The number of carbonyl (C=O) groups excluding carboxylic acids is 2. The minimum atomic E-state index is -3.64. The first-order valence-corrected chi connectivity index (χ1v) is 11.0. The van der Waals surface area contributed by atoms with Crippen molar-refractivity contribution in [1.82, 2.24) is 15.3 Å². The topological polar surface area (TPSA) is 119 Å². The lowest BCUT2D eigenvalue weighted by atomic mass is 9.98. The van der Waals surface area contributed by atoms with Gasteiger partial charge in [-0.1, -0.05) is 13.8 Å². The van der Waals surface area contributed by atoms with Crippen molar-refractivity contribution in [3.8, 4) is 11.3 Å². The van der Waals surface area contributed by atoms with Gasteiger partial charge in [0, 0.05) is 24.3 Å². The predicted octanol–water partition coefficient (Wildman–Crippen LogP) is 2.70. The summed E-state index contributed by atoms with van der Waals surface area (Å²) in [6.45, 7) is 3.68. The third kappa shape index (κ3) is 6.07. The minimum absolute atomic E-state index is 0.0679. The summed E-state index contributed by atoms with van der Waals surface area (Å²) < 4.78 is 42.8. The molecular weight excluding hydrogens is 427 g/mol. The molecule has 0 saturated carbocycles. The highest BCUT2D eigenvalue weighted by molar-refractivity contribution is 7.92. The number of hydrogen-bond acceptors (Lipinski definition) is 7. The predicted molar refractivity (Wildman–Crippen MR) is 114 cm³/mol. The highest BCUT2D eigenvalue weighted by Crippen LogP contribution is 2.31. The van der Waals surface area contributed by atoms with Gasteiger partial charge in [0.2, 0.25) is 16.0 Å². The van der Waals surface area contributed by atoms with Crippen LogP contribution in [-0.4, -0.2) is 50.8 Å². The third-order valence-electron chi connectivity index (χ3n) is 4.22. The smallest absolute Gasteiger partial charge is 0.413 e. The monoisotopic (exact) mass is 450 g/mol. The van der Waals surface area contributed by atoms with Gasteiger partial charge >= 0.3 is 6.09 Å². The molecule has 0 saturated heterocycles. The summed E-state index contributed by atoms with van der Waals surface area (Å²) in [7, 11) is -1.20. The lowest BCUT2D eigenvalue weighted by Gasteiger charge is -2.20. The van der Waals surface area contributed by atoms with Crippen molar-refractivity contribution in [2.24, 2.45) is 0 Å². The van der Waals surface area contributed by atoms with E-state index >= 15 is 0 Å². The molecule has 0 spiro atoms. The SMILES string of the molecule is COC(=O)NC(=O)C=Cc1c(-c2ccc(F)cc2)nc(N(C)S(C)(=O)=O)nc1C(C)C. The Morgan fingerprint density at radius 1 is 1.19 bits per heavy atom. The molecule has 1 aromatic heterocycles. The summed E-state index contributed by atoms with van der Waals surface area (Å²) in [5.41, 5.74) is 1.67. The molecule has 11 heteroatoms. The van der Waals surface area contributed by atoms with Crippen LogP contribution in [0.4, 0.5) is 15.1 Å². The van der Waals surface area contributed by atoms with E-state index in [1.54, 1.807) is 0 Å². The van der Waals surface area contributed by atoms with Crippen molar-refractivity contribution in [2.75, 3.05) is 24.7 Å². The molecule has 2 amide bonds. The molecule has 31 heavy (non-hydrogen) atoms. The van der Waals surface area contributed by atoms with Crippen LogP contribution in [0.5, 0.6) is 0 Å². The highest BCUT2D eigenvalue weighted by atomic mass is 32.2. The first kappa shape index (κ1) is 23.9. The Morgan fingerprint density at radius 3 is 2.32 bits per heavy atom. The second-order valence-corrected chi connectivity index (χ2v) is 8.89. The Bertz CT molecular complexity index is 1120. The van der Waals surface area contributed by atoms with Crippen LogP contribution in [0.25, 0.3) is 17.3 Å². The molecule has 2 rings (SSSR count). The van der Waals surface area contributed by atoms with E-state index in [0.717, 1.165) is 23.7 Å². The van der Waals surface area contributed by atoms with Crippen LogP contribution < -0.4 is 9.62 Å². The minimum Gasteiger partial charge on any atom is -0.453 e. The maximum atomic E-state index is 13.5. The number of sulfonamides is 1. The molecule has 1 heterocycles. The number of nitrogens with zero attached hydrogens (tertiary/aromatic N) is 3. The Hall–Kier alpha value is -3.34. The number of amides is 2. The molecule has 0 radical (unpaired) electrons. The summed E-state index contributed by atoms with van der Waals surface area (Å²) in [6.07, 6.45) is 2.62. The summed E-state index contributed by atoms with van der Waals surface area (Å²) in [4.78, 5) is 32.0. The number of anilines is 1. The average molecular weight is 450 g/mol. The number of carbonyl (C=O) groups is 2. The van der Waals surface area contributed by atoms with Gasteiger partial charge < -0.3 is 4.74 Å². The van der Waals surface area contributed by atoms with Crippen molar-refractivity contribution in [3.05, 3.63) is 47.4 Å². The van der Waals surface area contributed by atoms with Gasteiger partial charge in [-0.2, -0.15) is 0 Å². The maximum Gasteiger partial charge on any atom is 0.413 e. The highest BCUT2D eigenvalue weighted by Gasteiger charge is 2.22. The molecule has 1 N–H and O–H groups in total. The lowest BCUT2D eigenvalue weighted by Crippen LogP contribution is -2.28. The first-order chi connectivity index (χ1) is 14.4. The summed E-state index contributed by atoms with van der Waals surface area (Å²) in [6, 6.07) is 5.45. The zero-order valence-electron chi connectivity index (χ0n) is 17.7.